The normalized spacial score (nSPS) is 11.6. The summed E-state index contributed by atoms with van der Waals surface area (Å²) in [6.45, 7) is 0. The van der Waals surface area contributed by atoms with Crippen molar-refractivity contribution >= 4 is 26.9 Å². The van der Waals surface area contributed by atoms with Crippen LogP contribution in [0.4, 0.5) is 5.82 Å². The average Bonchev–Trinajstić information content (AvgIpc) is 2.90. The summed E-state index contributed by atoms with van der Waals surface area (Å²) in [5.74, 6) is -0.152. The van der Waals surface area contributed by atoms with Crippen LogP contribution in [0.5, 0.6) is 0 Å². The number of sulfonamides is 1. The summed E-state index contributed by atoms with van der Waals surface area (Å²) in [6.07, 6.45) is 1.59. The van der Waals surface area contributed by atoms with Gasteiger partial charge in [0.1, 0.15) is 5.39 Å². The highest BCUT2D eigenvalue weighted by atomic mass is 32.2. The fourth-order valence-corrected chi connectivity index (χ4v) is 3.09. The number of rotatable bonds is 5. The molecule has 1 aromatic carbocycles. The number of fused-ring (bicyclic) bond motifs is 1. The van der Waals surface area contributed by atoms with Crippen LogP contribution in [0, 0.1) is 0 Å². The number of H-pyrrole nitrogens is 2. The van der Waals surface area contributed by atoms with Gasteiger partial charge in [-0.1, -0.05) is 30.3 Å². The van der Waals surface area contributed by atoms with E-state index in [-0.39, 0.29) is 22.6 Å². The lowest BCUT2D eigenvalue weighted by Crippen LogP contribution is -2.19. The number of anilines is 1. The molecule has 114 valence electrons. The first-order chi connectivity index (χ1) is 10.6. The molecule has 0 saturated carbocycles. The Hall–Kier alpha value is -2.68. The first-order valence-electron chi connectivity index (χ1n) is 6.51. The van der Waals surface area contributed by atoms with Crippen LogP contribution in [0.2, 0.25) is 0 Å². The second-order valence-electron chi connectivity index (χ2n) is 4.68. The molecule has 0 aliphatic heterocycles. The van der Waals surface area contributed by atoms with Crippen molar-refractivity contribution < 1.29 is 8.42 Å². The number of hydrogen-bond acceptors (Lipinski definition) is 5. The molecule has 2 heterocycles. The second-order valence-corrected chi connectivity index (χ2v) is 6.53. The van der Waals surface area contributed by atoms with Gasteiger partial charge in [0.15, 0.2) is 11.5 Å². The molecule has 0 aliphatic carbocycles. The van der Waals surface area contributed by atoms with Crippen LogP contribution in [-0.4, -0.2) is 34.3 Å². The van der Waals surface area contributed by atoms with E-state index in [1.807, 2.05) is 30.3 Å². The number of nitrogens with zero attached hydrogens (tertiary/aromatic N) is 2. The molecule has 0 bridgehead atoms. The van der Waals surface area contributed by atoms with Crippen LogP contribution < -0.4 is 10.3 Å². The van der Waals surface area contributed by atoms with Gasteiger partial charge in [-0.3, -0.25) is 14.6 Å². The minimum atomic E-state index is -3.62. The van der Waals surface area contributed by atoms with E-state index in [0.29, 0.717) is 6.42 Å². The maximum absolute atomic E-state index is 12.1. The molecule has 8 nitrogen and oxygen atoms in total. The minimum Gasteiger partial charge on any atom is -0.312 e. The highest BCUT2D eigenvalue weighted by molar-refractivity contribution is 7.92. The zero-order valence-electron chi connectivity index (χ0n) is 11.4. The van der Waals surface area contributed by atoms with Crippen LogP contribution in [0.25, 0.3) is 11.0 Å². The number of aryl methyl sites for hydroxylation is 1. The van der Waals surface area contributed by atoms with Crippen molar-refractivity contribution in [3.05, 3.63) is 52.6 Å². The fraction of sp³-hybridized carbons (Fsp3) is 0.154. The van der Waals surface area contributed by atoms with E-state index < -0.39 is 15.6 Å². The maximum Gasteiger partial charge on any atom is 0.264 e. The number of aromatic nitrogens is 4. The molecule has 0 atom stereocenters. The molecule has 0 unspecified atom stereocenters. The summed E-state index contributed by atoms with van der Waals surface area (Å²) in [7, 11) is -3.62. The Balaban J connectivity index is 1.80. The van der Waals surface area contributed by atoms with Gasteiger partial charge in [0, 0.05) is 0 Å². The zero-order valence-corrected chi connectivity index (χ0v) is 12.2. The molecule has 0 saturated heterocycles. The predicted molar refractivity (Wildman–Crippen MR) is 82.1 cm³/mol. The molecule has 0 spiro atoms. The minimum absolute atomic E-state index is 0.0441. The van der Waals surface area contributed by atoms with Gasteiger partial charge >= 0.3 is 0 Å². The highest BCUT2D eigenvalue weighted by Crippen LogP contribution is 2.15. The van der Waals surface area contributed by atoms with Gasteiger partial charge in [0.25, 0.3) is 5.56 Å². The van der Waals surface area contributed by atoms with Crippen LogP contribution in [0.3, 0.4) is 0 Å². The molecule has 9 heteroatoms. The largest absolute Gasteiger partial charge is 0.312 e. The third-order valence-corrected chi connectivity index (χ3v) is 4.36. The van der Waals surface area contributed by atoms with E-state index in [4.69, 9.17) is 0 Å². The van der Waals surface area contributed by atoms with Crippen molar-refractivity contribution in [2.45, 2.75) is 6.42 Å². The number of aromatic amines is 2. The van der Waals surface area contributed by atoms with Crippen molar-refractivity contribution in [1.82, 2.24) is 20.2 Å². The molecule has 0 fully saturated rings. The summed E-state index contributed by atoms with van der Waals surface area (Å²) in [5.41, 5.74) is 0.684. The standard InChI is InChI=1S/C13H13N5O3S/c19-13-10-11(14-8-15-13)16-17-12(10)18-22(20,21)7-6-9-4-2-1-3-5-9/h1-5,8H,6-7H2,(H3,14,15,16,17,18,19). The zero-order chi connectivity index (χ0) is 15.6. The van der Waals surface area contributed by atoms with E-state index in [0.717, 1.165) is 5.56 Å². The molecular weight excluding hydrogens is 306 g/mol. The van der Waals surface area contributed by atoms with Gasteiger partial charge < -0.3 is 4.98 Å². The van der Waals surface area contributed by atoms with Crippen molar-refractivity contribution in [2.75, 3.05) is 10.5 Å². The van der Waals surface area contributed by atoms with Crippen LogP contribution in [0.15, 0.2) is 41.5 Å². The monoisotopic (exact) mass is 319 g/mol. The smallest absolute Gasteiger partial charge is 0.264 e. The first kappa shape index (κ1) is 14.3. The molecule has 3 N–H and O–H groups in total. The quantitative estimate of drug-likeness (QED) is 0.637. The highest BCUT2D eigenvalue weighted by Gasteiger charge is 2.17. The number of nitrogens with one attached hydrogen (secondary N) is 3. The fourth-order valence-electron chi connectivity index (χ4n) is 2.04. The number of hydrogen-bond donors (Lipinski definition) is 3. The number of benzene rings is 1. The van der Waals surface area contributed by atoms with Crippen LogP contribution in [-0.2, 0) is 16.4 Å². The Morgan fingerprint density at radius 2 is 1.95 bits per heavy atom. The lowest BCUT2D eigenvalue weighted by molar-refractivity contribution is 0.600. The Bertz CT molecular complexity index is 946. The van der Waals surface area contributed by atoms with Crippen LogP contribution in [0.1, 0.15) is 5.56 Å². The average molecular weight is 319 g/mol. The molecule has 3 rings (SSSR count). The summed E-state index contributed by atoms with van der Waals surface area (Å²) < 4.78 is 26.6. The topological polar surface area (TPSA) is 121 Å². The Morgan fingerprint density at radius 3 is 2.73 bits per heavy atom. The Labute approximate surface area is 125 Å². The lowest BCUT2D eigenvalue weighted by atomic mass is 10.2. The molecular formula is C13H13N5O3S. The third-order valence-electron chi connectivity index (χ3n) is 3.12. The third kappa shape index (κ3) is 2.98. The molecule has 2 aromatic heterocycles. The second kappa shape index (κ2) is 5.60. The van der Waals surface area contributed by atoms with E-state index in [2.05, 4.69) is 24.9 Å². The van der Waals surface area contributed by atoms with E-state index >= 15 is 0 Å². The SMILES string of the molecule is O=c1[nH]cnc2[nH]nc(NS(=O)(=O)CCc3ccccc3)c12. The van der Waals surface area contributed by atoms with Gasteiger partial charge in [0.05, 0.1) is 12.1 Å². The summed E-state index contributed by atoms with van der Waals surface area (Å²) >= 11 is 0. The Kier molecular flexibility index (Phi) is 3.63. The summed E-state index contributed by atoms with van der Waals surface area (Å²) in [5, 5.41) is 6.40. The van der Waals surface area contributed by atoms with Crippen molar-refractivity contribution in [3.8, 4) is 0 Å². The predicted octanol–water partition coefficient (Wildman–Crippen LogP) is 0.631. The maximum atomic E-state index is 12.1. The van der Waals surface area contributed by atoms with Gasteiger partial charge in [-0.05, 0) is 12.0 Å². The van der Waals surface area contributed by atoms with Crippen molar-refractivity contribution in [2.24, 2.45) is 0 Å². The summed E-state index contributed by atoms with van der Waals surface area (Å²) in [6, 6.07) is 9.27. The molecule has 22 heavy (non-hydrogen) atoms. The van der Waals surface area contributed by atoms with Gasteiger partial charge in [0.2, 0.25) is 10.0 Å². The van der Waals surface area contributed by atoms with E-state index in [1.54, 1.807) is 0 Å². The van der Waals surface area contributed by atoms with Gasteiger partial charge in [-0.15, -0.1) is 0 Å². The van der Waals surface area contributed by atoms with Gasteiger partial charge in [-0.2, -0.15) is 5.10 Å². The Morgan fingerprint density at radius 1 is 1.18 bits per heavy atom. The molecule has 0 radical (unpaired) electrons. The first-order valence-corrected chi connectivity index (χ1v) is 8.16. The lowest BCUT2D eigenvalue weighted by Gasteiger charge is -2.05. The van der Waals surface area contributed by atoms with E-state index in [1.165, 1.54) is 6.33 Å². The summed E-state index contributed by atoms with van der Waals surface area (Å²) in [4.78, 5) is 18.0. The molecule has 3 aromatic rings. The van der Waals surface area contributed by atoms with Crippen molar-refractivity contribution in [3.63, 3.8) is 0 Å². The molecule has 0 amide bonds. The van der Waals surface area contributed by atoms with E-state index in [9.17, 15) is 13.2 Å². The van der Waals surface area contributed by atoms with Crippen LogP contribution >= 0.6 is 0 Å². The van der Waals surface area contributed by atoms with Gasteiger partial charge in [-0.25, -0.2) is 13.4 Å². The molecule has 0 aliphatic rings. The van der Waals surface area contributed by atoms with Crippen molar-refractivity contribution in [1.29, 1.82) is 0 Å².